The first-order chi connectivity index (χ1) is 21.6. The van der Waals surface area contributed by atoms with Gasteiger partial charge in [0.2, 0.25) is 5.91 Å². The van der Waals surface area contributed by atoms with E-state index < -0.39 is 29.6 Å². The van der Waals surface area contributed by atoms with Crippen molar-refractivity contribution in [2.75, 3.05) is 36.4 Å². The van der Waals surface area contributed by atoms with E-state index >= 15 is 0 Å². The summed E-state index contributed by atoms with van der Waals surface area (Å²) in [5, 5.41) is 2.99. The lowest BCUT2D eigenvalue weighted by molar-refractivity contribution is -0.133. The van der Waals surface area contributed by atoms with E-state index in [1.165, 1.54) is 48.2 Å². The van der Waals surface area contributed by atoms with Crippen molar-refractivity contribution in [1.82, 2.24) is 4.90 Å². The number of halogens is 2. The van der Waals surface area contributed by atoms with Crippen LogP contribution in [0.3, 0.4) is 0 Å². The van der Waals surface area contributed by atoms with E-state index in [0.29, 0.717) is 48.7 Å². The van der Waals surface area contributed by atoms with Gasteiger partial charge in [-0.15, -0.1) is 0 Å². The third-order valence-electron chi connectivity index (χ3n) is 7.52. The number of nitrogens with zero attached hydrogens (tertiary/aromatic N) is 2. The molecule has 232 valence electrons. The largest absolute Gasteiger partial charge is 0.418 e. The SMILES string of the molecule is CC(=O)Nc1ccc(C(=O)N(CCN2CCC(C(=O)c3ccc(F)cc3)CC2)c2ccc(Cl)cc2)c2c1OC(=O)/C=C/C(=O)O2. The maximum atomic E-state index is 14.2. The Balaban J connectivity index is 1.38. The van der Waals surface area contributed by atoms with Gasteiger partial charge in [0.1, 0.15) is 5.82 Å². The van der Waals surface area contributed by atoms with Gasteiger partial charge in [-0.1, -0.05) is 11.6 Å². The van der Waals surface area contributed by atoms with E-state index in [2.05, 4.69) is 10.2 Å². The number of piperidine rings is 1. The smallest absolute Gasteiger partial charge is 0.336 e. The average Bonchev–Trinajstić information content (AvgIpc) is 3.02. The maximum absolute atomic E-state index is 14.2. The van der Waals surface area contributed by atoms with E-state index in [0.717, 1.165) is 12.2 Å². The van der Waals surface area contributed by atoms with Crippen LogP contribution in [-0.4, -0.2) is 60.6 Å². The van der Waals surface area contributed by atoms with Crippen LogP contribution in [0.25, 0.3) is 0 Å². The van der Waals surface area contributed by atoms with Crippen LogP contribution in [0.5, 0.6) is 11.5 Å². The number of carbonyl (C=O) groups excluding carboxylic acids is 5. The quantitative estimate of drug-likeness (QED) is 0.208. The first-order valence-corrected chi connectivity index (χ1v) is 14.6. The Morgan fingerprint density at radius 2 is 1.53 bits per heavy atom. The Hall–Kier alpha value is -4.87. The summed E-state index contributed by atoms with van der Waals surface area (Å²) in [6.45, 7) is 3.15. The summed E-state index contributed by atoms with van der Waals surface area (Å²) in [5.74, 6) is -4.01. The number of likely N-dealkylation sites (tertiary alicyclic amines) is 1. The highest BCUT2D eigenvalue weighted by molar-refractivity contribution is 6.30. The van der Waals surface area contributed by atoms with E-state index in [-0.39, 0.29) is 41.0 Å². The molecule has 0 spiro atoms. The molecule has 45 heavy (non-hydrogen) atoms. The van der Waals surface area contributed by atoms with Crippen LogP contribution in [0.2, 0.25) is 5.02 Å². The van der Waals surface area contributed by atoms with Crippen molar-refractivity contribution in [3.8, 4) is 11.5 Å². The molecule has 0 unspecified atom stereocenters. The van der Waals surface area contributed by atoms with Gasteiger partial charge in [0.05, 0.1) is 11.3 Å². The van der Waals surface area contributed by atoms with Crippen molar-refractivity contribution in [2.45, 2.75) is 19.8 Å². The molecule has 3 aromatic carbocycles. The zero-order chi connectivity index (χ0) is 32.1. The third-order valence-corrected chi connectivity index (χ3v) is 7.78. The number of fused-ring (bicyclic) bond motifs is 1. The molecule has 3 aromatic rings. The van der Waals surface area contributed by atoms with Gasteiger partial charge in [-0.05, 0) is 86.6 Å². The van der Waals surface area contributed by atoms with Crippen LogP contribution < -0.4 is 19.7 Å². The second-order valence-corrected chi connectivity index (χ2v) is 11.0. The monoisotopic (exact) mass is 633 g/mol. The number of esters is 2. The number of ether oxygens (including phenoxy) is 2. The number of nitrogens with one attached hydrogen (secondary N) is 1. The summed E-state index contributed by atoms with van der Waals surface area (Å²) >= 11 is 6.12. The van der Waals surface area contributed by atoms with E-state index in [9.17, 15) is 28.4 Å². The summed E-state index contributed by atoms with van der Waals surface area (Å²) in [7, 11) is 0. The number of hydrogen-bond acceptors (Lipinski definition) is 8. The number of rotatable bonds is 8. The summed E-state index contributed by atoms with van der Waals surface area (Å²) in [5.41, 5.74) is 0.964. The lowest BCUT2D eigenvalue weighted by Gasteiger charge is -2.33. The molecule has 5 rings (SSSR count). The number of ketones is 1. The fourth-order valence-electron chi connectivity index (χ4n) is 5.25. The van der Waals surface area contributed by atoms with E-state index in [1.807, 2.05) is 0 Å². The molecular weight excluding hydrogens is 605 g/mol. The maximum Gasteiger partial charge on any atom is 0.336 e. The highest BCUT2D eigenvalue weighted by atomic mass is 35.5. The minimum absolute atomic E-state index is 0.0167. The Kier molecular flexibility index (Phi) is 9.70. The van der Waals surface area contributed by atoms with Gasteiger partial charge < -0.3 is 24.6 Å². The highest BCUT2D eigenvalue weighted by Gasteiger charge is 2.31. The van der Waals surface area contributed by atoms with Gasteiger partial charge in [-0.25, -0.2) is 14.0 Å². The Labute approximate surface area is 263 Å². The molecule has 0 bridgehead atoms. The molecule has 12 heteroatoms. The normalized spacial score (nSPS) is 16.0. The fourth-order valence-corrected chi connectivity index (χ4v) is 5.38. The van der Waals surface area contributed by atoms with Crippen LogP contribution in [-0.2, 0) is 14.4 Å². The molecular formula is C33H29ClFN3O7. The number of amides is 2. The van der Waals surface area contributed by atoms with Crippen molar-refractivity contribution < 1.29 is 37.8 Å². The molecule has 0 radical (unpaired) electrons. The van der Waals surface area contributed by atoms with Crippen LogP contribution in [0.15, 0.2) is 72.8 Å². The van der Waals surface area contributed by atoms with Gasteiger partial charge in [0.15, 0.2) is 17.3 Å². The lowest BCUT2D eigenvalue weighted by Crippen LogP contribution is -2.43. The molecule has 0 saturated carbocycles. The summed E-state index contributed by atoms with van der Waals surface area (Å²) in [6, 6.07) is 15.0. The van der Waals surface area contributed by atoms with Crippen molar-refractivity contribution in [3.05, 3.63) is 94.8 Å². The highest BCUT2D eigenvalue weighted by Crippen LogP contribution is 2.41. The van der Waals surface area contributed by atoms with Crippen molar-refractivity contribution in [3.63, 3.8) is 0 Å². The minimum atomic E-state index is -0.905. The zero-order valence-corrected chi connectivity index (χ0v) is 25.0. The first-order valence-electron chi connectivity index (χ1n) is 14.2. The molecule has 0 aromatic heterocycles. The van der Waals surface area contributed by atoms with Gasteiger partial charge in [-0.2, -0.15) is 0 Å². The Morgan fingerprint density at radius 1 is 0.911 bits per heavy atom. The summed E-state index contributed by atoms with van der Waals surface area (Å²) in [4.78, 5) is 67.3. The summed E-state index contributed by atoms with van der Waals surface area (Å²) < 4.78 is 24.1. The number of carbonyl (C=O) groups is 5. The first kappa shape index (κ1) is 31.6. The molecule has 2 aliphatic rings. The Morgan fingerprint density at radius 3 is 2.16 bits per heavy atom. The van der Waals surface area contributed by atoms with Crippen molar-refractivity contribution in [1.29, 1.82) is 0 Å². The number of anilines is 2. The molecule has 10 nitrogen and oxygen atoms in total. The average molecular weight is 634 g/mol. The van der Waals surface area contributed by atoms with Crippen molar-refractivity contribution in [2.24, 2.45) is 5.92 Å². The van der Waals surface area contributed by atoms with E-state index in [4.69, 9.17) is 21.1 Å². The number of Topliss-reactive ketones (excluding diaryl/α,β-unsaturated/α-hetero) is 1. The zero-order valence-electron chi connectivity index (χ0n) is 24.3. The van der Waals surface area contributed by atoms with Crippen LogP contribution in [0.4, 0.5) is 15.8 Å². The minimum Gasteiger partial charge on any atom is -0.418 e. The van der Waals surface area contributed by atoms with Crippen molar-refractivity contribution >= 4 is 52.5 Å². The Bertz CT molecular complexity index is 1670. The second-order valence-electron chi connectivity index (χ2n) is 10.6. The number of benzene rings is 3. The predicted octanol–water partition coefficient (Wildman–Crippen LogP) is 5.06. The lowest BCUT2D eigenvalue weighted by atomic mass is 9.89. The third kappa shape index (κ3) is 7.62. The van der Waals surface area contributed by atoms with Gasteiger partial charge in [-0.3, -0.25) is 14.4 Å². The molecule has 2 aliphatic heterocycles. The predicted molar refractivity (Wildman–Crippen MR) is 164 cm³/mol. The molecule has 1 N–H and O–H groups in total. The van der Waals surface area contributed by atoms with Crippen LogP contribution in [0, 0.1) is 11.7 Å². The topological polar surface area (TPSA) is 122 Å². The van der Waals surface area contributed by atoms with E-state index in [1.54, 1.807) is 24.3 Å². The van der Waals surface area contributed by atoms with Crippen LogP contribution >= 0.6 is 11.6 Å². The molecule has 0 aliphatic carbocycles. The molecule has 1 fully saturated rings. The van der Waals surface area contributed by atoms with Gasteiger partial charge >= 0.3 is 11.9 Å². The standard InChI is InChI=1S/C33H29ClFN3O7/c1-20(39)36-27-11-10-26(31-32(27)45-29(41)13-12-28(40)44-31)33(43)38(25-8-4-23(34)5-9-25)19-18-37-16-14-22(15-17-37)30(42)21-2-6-24(35)7-3-21/h2-13,22H,14-19H2,1H3,(H,36,39)/b13-12+. The summed E-state index contributed by atoms with van der Waals surface area (Å²) in [6.07, 6.45) is 2.98. The molecule has 2 heterocycles. The second kappa shape index (κ2) is 13.8. The number of hydrogen-bond donors (Lipinski definition) is 1. The van der Waals surface area contributed by atoms with Crippen LogP contribution in [0.1, 0.15) is 40.5 Å². The fraction of sp³-hybridized carbons (Fsp3) is 0.242. The van der Waals surface area contributed by atoms with Gasteiger partial charge in [0, 0.05) is 54.4 Å². The molecule has 2 amide bonds. The van der Waals surface area contributed by atoms with Gasteiger partial charge in [0.25, 0.3) is 5.91 Å². The molecule has 0 atom stereocenters. The molecule has 1 saturated heterocycles.